The molecule has 1 aromatic heterocycles. The number of nitrogens with zero attached hydrogens (tertiary/aromatic N) is 1. The standard InChI is InChI=1S/C18H28N2S/c1-4-12-19-17(10-13-20(5-2)6-3)16-9-7-8-15-11-14-21-18(15)16/h7-9,11,14,17,19H,4-6,10,12-13H2,1-3H3. The fraction of sp³-hybridized carbons (Fsp3) is 0.556. The normalized spacial score (nSPS) is 13.1. The van der Waals surface area contributed by atoms with Crippen LogP contribution in [-0.4, -0.2) is 31.1 Å². The fourth-order valence-corrected chi connectivity index (χ4v) is 3.80. The molecule has 0 aliphatic heterocycles. The smallest absolute Gasteiger partial charge is 0.0390 e. The van der Waals surface area contributed by atoms with Crippen molar-refractivity contribution in [2.45, 2.75) is 39.7 Å². The second-order valence-electron chi connectivity index (χ2n) is 5.51. The van der Waals surface area contributed by atoms with E-state index in [0.29, 0.717) is 6.04 Å². The average molecular weight is 305 g/mol. The molecule has 1 atom stereocenters. The summed E-state index contributed by atoms with van der Waals surface area (Å²) in [4.78, 5) is 2.51. The van der Waals surface area contributed by atoms with Crippen molar-refractivity contribution in [2.75, 3.05) is 26.2 Å². The van der Waals surface area contributed by atoms with E-state index < -0.39 is 0 Å². The van der Waals surface area contributed by atoms with Gasteiger partial charge in [-0.05, 0) is 61.4 Å². The molecule has 116 valence electrons. The van der Waals surface area contributed by atoms with Crippen molar-refractivity contribution >= 4 is 21.4 Å². The average Bonchev–Trinajstić information content (AvgIpc) is 3.00. The minimum atomic E-state index is 0.466. The number of hydrogen-bond acceptors (Lipinski definition) is 3. The number of benzene rings is 1. The van der Waals surface area contributed by atoms with Crippen molar-refractivity contribution in [3.63, 3.8) is 0 Å². The lowest BCUT2D eigenvalue weighted by molar-refractivity contribution is 0.282. The lowest BCUT2D eigenvalue weighted by atomic mass is 10.0. The molecule has 21 heavy (non-hydrogen) atoms. The molecule has 1 unspecified atom stereocenters. The summed E-state index contributed by atoms with van der Waals surface area (Å²) >= 11 is 1.87. The van der Waals surface area contributed by atoms with E-state index in [1.807, 2.05) is 11.3 Å². The molecular formula is C18H28N2S. The molecule has 1 heterocycles. The van der Waals surface area contributed by atoms with Crippen molar-refractivity contribution in [3.05, 3.63) is 35.2 Å². The van der Waals surface area contributed by atoms with Crippen molar-refractivity contribution in [1.29, 1.82) is 0 Å². The van der Waals surface area contributed by atoms with Crippen LogP contribution in [0.4, 0.5) is 0 Å². The zero-order valence-electron chi connectivity index (χ0n) is 13.6. The summed E-state index contributed by atoms with van der Waals surface area (Å²) in [5.74, 6) is 0. The van der Waals surface area contributed by atoms with E-state index in [9.17, 15) is 0 Å². The number of rotatable bonds is 9. The topological polar surface area (TPSA) is 15.3 Å². The lowest BCUT2D eigenvalue weighted by Crippen LogP contribution is -2.30. The van der Waals surface area contributed by atoms with Gasteiger partial charge in [0.25, 0.3) is 0 Å². The molecular weight excluding hydrogens is 276 g/mol. The third-order valence-electron chi connectivity index (χ3n) is 4.15. The summed E-state index contributed by atoms with van der Waals surface area (Å²) in [6, 6.07) is 9.41. The Kier molecular flexibility index (Phi) is 6.68. The summed E-state index contributed by atoms with van der Waals surface area (Å²) in [5, 5.41) is 7.33. The first-order valence-electron chi connectivity index (χ1n) is 8.22. The minimum absolute atomic E-state index is 0.466. The van der Waals surface area contributed by atoms with Gasteiger partial charge in [0, 0.05) is 10.7 Å². The molecule has 1 N–H and O–H groups in total. The Labute approximate surface area is 133 Å². The summed E-state index contributed by atoms with van der Waals surface area (Å²) in [5.41, 5.74) is 1.48. The third kappa shape index (κ3) is 4.29. The maximum atomic E-state index is 3.75. The first-order valence-corrected chi connectivity index (χ1v) is 9.09. The zero-order chi connectivity index (χ0) is 15.1. The monoisotopic (exact) mass is 304 g/mol. The second kappa shape index (κ2) is 8.52. The van der Waals surface area contributed by atoms with Crippen LogP contribution in [0.15, 0.2) is 29.6 Å². The quantitative estimate of drug-likeness (QED) is 0.724. The zero-order valence-corrected chi connectivity index (χ0v) is 14.4. The van der Waals surface area contributed by atoms with Crippen molar-refractivity contribution in [2.24, 2.45) is 0 Å². The van der Waals surface area contributed by atoms with E-state index in [1.165, 1.54) is 28.5 Å². The van der Waals surface area contributed by atoms with E-state index >= 15 is 0 Å². The Morgan fingerprint density at radius 2 is 1.95 bits per heavy atom. The molecule has 0 amide bonds. The third-order valence-corrected chi connectivity index (χ3v) is 5.13. The van der Waals surface area contributed by atoms with Gasteiger partial charge in [0.2, 0.25) is 0 Å². The van der Waals surface area contributed by atoms with Crippen molar-refractivity contribution in [1.82, 2.24) is 10.2 Å². The van der Waals surface area contributed by atoms with Gasteiger partial charge >= 0.3 is 0 Å². The largest absolute Gasteiger partial charge is 0.310 e. The van der Waals surface area contributed by atoms with Crippen LogP contribution < -0.4 is 5.32 Å². The Balaban J connectivity index is 2.16. The molecule has 0 radical (unpaired) electrons. The van der Waals surface area contributed by atoms with Crippen LogP contribution in [0.2, 0.25) is 0 Å². The molecule has 0 fully saturated rings. The molecule has 2 nitrogen and oxygen atoms in total. The molecule has 0 bridgehead atoms. The van der Waals surface area contributed by atoms with Crippen LogP contribution >= 0.6 is 11.3 Å². The highest BCUT2D eigenvalue weighted by molar-refractivity contribution is 7.17. The highest BCUT2D eigenvalue weighted by Gasteiger charge is 2.15. The van der Waals surface area contributed by atoms with Crippen LogP contribution in [0, 0.1) is 0 Å². The summed E-state index contributed by atoms with van der Waals surface area (Å²) < 4.78 is 1.45. The van der Waals surface area contributed by atoms with Crippen LogP contribution in [0.3, 0.4) is 0 Å². The first kappa shape index (κ1) is 16.5. The van der Waals surface area contributed by atoms with Crippen LogP contribution in [0.5, 0.6) is 0 Å². The van der Waals surface area contributed by atoms with Crippen LogP contribution in [-0.2, 0) is 0 Å². The number of hydrogen-bond donors (Lipinski definition) is 1. The number of thiophene rings is 1. The molecule has 1 aromatic carbocycles. The van der Waals surface area contributed by atoms with Gasteiger partial charge in [-0.25, -0.2) is 0 Å². The van der Waals surface area contributed by atoms with Gasteiger partial charge < -0.3 is 10.2 Å². The van der Waals surface area contributed by atoms with E-state index in [-0.39, 0.29) is 0 Å². The molecule has 3 heteroatoms. The Morgan fingerprint density at radius 1 is 1.14 bits per heavy atom. The summed E-state index contributed by atoms with van der Waals surface area (Å²) in [7, 11) is 0. The first-order chi connectivity index (χ1) is 10.3. The van der Waals surface area contributed by atoms with E-state index in [4.69, 9.17) is 0 Å². The number of fused-ring (bicyclic) bond motifs is 1. The number of nitrogens with one attached hydrogen (secondary N) is 1. The van der Waals surface area contributed by atoms with E-state index in [0.717, 1.165) is 26.2 Å². The Morgan fingerprint density at radius 3 is 2.67 bits per heavy atom. The molecule has 0 aliphatic carbocycles. The van der Waals surface area contributed by atoms with Gasteiger partial charge in [0.15, 0.2) is 0 Å². The molecule has 2 rings (SSSR count). The Hall–Kier alpha value is -0.900. The Bertz CT molecular complexity index is 531. The fourth-order valence-electron chi connectivity index (χ4n) is 2.83. The van der Waals surface area contributed by atoms with Gasteiger partial charge in [-0.1, -0.05) is 39.0 Å². The maximum Gasteiger partial charge on any atom is 0.0390 e. The molecule has 0 spiro atoms. The molecule has 2 aromatic rings. The van der Waals surface area contributed by atoms with E-state index in [1.54, 1.807) is 0 Å². The highest BCUT2D eigenvalue weighted by atomic mass is 32.1. The highest BCUT2D eigenvalue weighted by Crippen LogP contribution is 2.30. The van der Waals surface area contributed by atoms with Gasteiger partial charge in [0.05, 0.1) is 0 Å². The maximum absolute atomic E-state index is 3.75. The predicted molar refractivity (Wildman–Crippen MR) is 95.3 cm³/mol. The van der Waals surface area contributed by atoms with E-state index in [2.05, 4.69) is 60.6 Å². The lowest BCUT2D eigenvalue weighted by Gasteiger charge is -2.24. The summed E-state index contributed by atoms with van der Waals surface area (Å²) in [6.07, 6.45) is 2.36. The SMILES string of the molecule is CCCNC(CCN(CC)CC)c1cccc2ccsc12. The van der Waals surface area contributed by atoms with Gasteiger partial charge in [-0.2, -0.15) is 0 Å². The van der Waals surface area contributed by atoms with Gasteiger partial charge in [-0.3, -0.25) is 0 Å². The van der Waals surface area contributed by atoms with Crippen molar-refractivity contribution < 1.29 is 0 Å². The van der Waals surface area contributed by atoms with Crippen LogP contribution in [0.25, 0.3) is 10.1 Å². The van der Waals surface area contributed by atoms with Gasteiger partial charge in [-0.15, -0.1) is 11.3 Å². The van der Waals surface area contributed by atoms with Gasteiger partial charge in [0.1, 0.15) is 0 Å². The molecule has 0 saturated carbocycles. The summed E-state index contributed by atoms with van der Waals surface area (Å²) in [6.45, 7) is 11.3. The second-order valence-corrected chi connectivity index (χ2v) is 6.42. The minimum Gasteiger partial charge on any atom is -0.310 e. The van der Waals surface area contributed by atoms with Crippen molar-refractivity contribution in [3.8, 4) is 0 Å². The molecule has 0 aliphatic rings. The van der Waals surface area contributed by atoms with Crippen LogP contribution in [0.1, 0.15) is 45.2 Å². The molecule has 0 saturated heterocycles. The predicted octanol–water partition coefficient (Wildman–Crippen LogP) is 4.67.